The lowest BCUT2D eigenvalue weighted by Gasteiger charge is -2.01. The molecule has 1 unspecified atom stereocenters. The van der Waals surface area contributed by atoms with Crippen molar-refractivity contribution in [3.63, 3.8) is 0 Å². The second kappa shape index (κ2) is 9.43. The van der Waals surface area contributed by atoms with Crippen LogP contribution >= 0.6 is 0 Å². The predicted octanol–water partition coefficient (Wildman–Crippen LogP) is 1.65. The van der Waals surface area contributed by atoms with E-state index in [4.69, 9.17) is 15.0 Å². The van der Waals surface area contributed by atoms with Gasteiger partial charge in [0.05, 0.1) is 6.10 Å². The van der Waals surface area contributed by atoms with Crippen LogP contribution in [-0.4, -0.2) is 22.3 Å². The molecular formula is C8H18O3. The first kappa shape index (κ1) is 13.1. The Labute approximate surface area is 68.0 Å². The molecule has 0 amide bonds. The first-order chi connectivity index (χ1) is 5.04. The lowest BCUT2D eigenvalue weighted by molar-refractivity contribution is -0.134. The van der Waals surface area contributed by atoms with E-state index in [0.717, 1.165) is 26.2 Å². The minimum atomic E-state index is -0.833. The van der Waals surface area contributed by atoms with Crippen LogP contribution in [0.4, 0.5) is 0 Å². The number of hydrogen-bond acceptors (Lipinski definition) is 2. The quantitative estimate of drug-likeness (QED) is 0.663. The van der Waals surface area contributed by atoms with Gasteiger partial charge in [-0.05, 0) is 12.8 Å². The molecule has 3 nitrogen and oxygen atoms in total. The highest BCUT2D eigenvalue weighted by atomic mass is 16.4. The number of hydrogen-bond donors (Lipinski definition) is 2. The van der Waals surface area contributed by atoms with Gasteiger partial charge in [0.15, 0.2) is 0 Å². The Kier molecular flexibility index (Phi) is 11.2. The zero-order chi connectivity index (χ0) is 9.28. The summed E-state index contributed by atoms with van der Waals surface area (Å²) in [5.41, 5.74) is 0. The van der Waals surface area contributed by atoms with Crippen molar-refractivity contribution >= 4 is 5.97 Å². The minimum absolute atomic E-state index is 0.0509. The van der Waals surface area contributed by atoms with Gasteiger partial charge in [-0.25, -0.2) is 0 Å². The number of aliphatic hydroxyl groups excluding tert-OH is 1. The molecular weight excluding hydrogens is 144 g/mol. The summed E-state index contributed by atoms with van der Waals surface area (Å²) in [6.45, 7) is 5.17. The monoisotopic (exact) mass is 162 g/mol. The lowest BCUT2D eigenvalue weighted by atomic mass is 10.2. The SMILES string of the molecule is CC(=O)O.CCCC(O)CC. The van der Waals surface area contributed by atoms with Gasteiger partial charge in [-0.15, -0.1) is 0 Å². The van der Waals surface area contributed by atoms with E-state index in [1.807, 2.05) is 6.92 Å². The summed E-state index contributed by atoms with van der Waals surface area (Å²) in [6.07, 6.45) is 2.89. The molecule has 0 spiro atoms. The van der Waals surface area contributed by atoms with Crippen LogP contribution in [0.25, 0.3) is 0 Å². The summed E-state index contributed by atoms with van der Waals surface area (Å²) in [5, 5.41) is 16.3. The number of carboxylic acid groups (broad SMARTS) is 1. The summed E-state index contributed by atoms with van der Waals surface area (Å²) < 4.78 is 0. The number of aliphatic carboxylic acids is 1. The van der Waals surface area contributed by atoms with Crippen molar-refractivity contribution in [3.8, 4) is 0 Å². The molecule has 0 bridgehead atoms. The molecule has 0 aromatic carbocycles. The molecule has 0 aromatic heterocycles. The number of carbonyl (C=O) groups is 1. The Morgan fingerprint density at radius 3 is 1.91 bits per heavy atom. The predicted molar refractivity (Wildman–Crippen MR) is 44.5 cm³/mol. The smallest absolute Gasteiger partial charge is 0.300 e. The van der Waals surface area contributed by atoms with E-state index in [-0.39, 0.29) is 6.10 Å². The Morgan fingerprint density at radius 2 is 1.82 bits per heavy atom. The van der Waals surface area contributed by atoms with Crippen molar-refractivity contribution in [2.75, 3.05) is 0 Å². The second-order valence-electron chi connectivity index (χ2n) is 2.37. The van der Waals surface area contributed by atoms with Gasteiger partial charge in [0.25, 0.3) is 5.97 Å². The fraction of sp³-hybridized carbons (Fsp3) is 0.875. The van der Waals surface area contributed by atoms with E-state index < -0.39 is 5.97 Å². The van der Waals surface area contributed by atoms with Gasteiger partial charge in [0.2, 0.25) is 0 Å². The zero-order valence-corrected chi connectivity index (χ0v) is 7.50. The summed E-state index contributed by atoms with van der Waals surface area (Å²) in [6, 6.07) is 0. The molecule has 0 aromatic rings. The van der Waals surface area contributed by atoms with E-state index >= 15 is 0 Å². The van der Waals surface area contributed by atoms with Crippen LogP contribution in [0.5, 0.6) is 0 Å². The maximum atomic E-state index is 9.00. The van der Waals surface area contributed by atoms with E-state index in [0.29, 0.717) is 0 Å². The van der Waals surface area contributed by atoms with Crippen LogP contribution in [0.3, 0.4) is 0 Å². The van der Waals surface area contributed by atoms with Crippen LogP contribution < -0.4 is 0 Å². The summed E-state index contributed by atoms with van der Waals surface area (Å²) >= 11 is 0. The third-order valence-corrected chi connectivity index (χ3v) is 1.09. The highest BCUT2D eigenvalue weighted by molar-refractivity contribution is 5.62. The average Bonchev–Trinajstić information content (AvgIpc) is 1.87. The largest absolute Gasteiger partial charge is 0.481 e. The van der Waals surface area contributed by atoms with Crippen LogP contribution in [0.2, 0.25) is 0 Å². The summed E-state index contributed by atoms with van der Waals surface area (Å²) in [5.74, 6) is -0.833. The molecule has 68 valence electrons. The molecule has 0 heterocycles. The fourth-order valence-corrected chi connectivity index (χ4v) is 0.537. The molecule has 0 saturated heterocycles. The average molecular weight is 162 g/mol. The van der Waals surface area contributed by atoms with Crippen molar-refractivity contribution in [2.24, 2.45) is 0 Å². The van der Waals surface area contributed by atoms with Gasteiger partial charge in [0, 0.05) is 6.92 Å². The Balaban J connectivity index is 0. The summed E-state index contributed by atoms with van der Waals surface area (Å²) in [4.78, 5) is 9.00. The standard InChI is InChI=1S/C6H14O.C2H4O2/c1-3-5-6(7)4-2;1-2(3)4/h6-7H,3-5H2,1-2H3;1H3,(H,3,4). The Morgan fingerprint density at radius 1 is 1.45 bits per heavy atom. The molecule has 11 heavy (non-hydrogen) atoms. The van der Waals surface area contributed by atoms with E-state index in [1.165, 1.54) is 0 Å². The van der Waals surface area contributed by atoms with E-state index in [9.17, 15) is 0 Å². The fourth-order valence-electron chi connectivity index (χ4n) is 0.537. The summed E-state index contributed by atoms with van der Waals surface area (Å²) in [7, 11) is 0. The molecule has 0 aliphatic heterocycles. The van der Waals surface area contributed by atoms with Crippen LogP contribution in [0.1, 0.15) is 40.0 Å². The van der Waals surface area contributed by atoms with Crippen LogP contribution in [-0.2, 0) is 4.79 Å². The van der Waals surface area contributed by atoms with E-state index in [2.05, 4.69) is 6.92 Å². The van der Waals surface area contributed by atoms with Crippen molar-refractivity contribution in [3.05, 3.63) is 0 Å². The second-order valence-corrected chi connectivity index (χ2v) is 2.37. The number of aliphatic hydroxyl groups is 1. The molecule has 3 heteroatoms. The molecule has 0 fully saturated rings. The van der Waals surface area contributed by atoms with Gasteiger partial charge >= 0.3 is 0 Å². The first-order valence-corrected chi connectivity index (χ1v) is 3.92. The first-order valence-electron chi connectivity index (χ1n) is 3.92. The Bertz CT molecular complexity index is 87.3. The van der Waals surface area contributed by atoms with Gasteiger partial charge in [-0.3, -0.25) is 4.79 Å². The molecule has 0 aliphatic carbocycles. The molecule has 2 N–H and O–H groups in total. The molecule has 0 radical (unpaired) electrons. The Hall–Kier alpha value is -0.570. The van der Waals surface area contributed by atoms with Crippen LogP contribution in [0.15, 0.2) is 0 Å². The van der Waals surface area contributed by atoms with Crippen molar-refractivity contribution < 1.29 is 15.0 Å². The topological polar surface area (TPSA) is 57.5 Å². The van der Waals surface area contributed by atoms with Crippen molar-refractivity contribution in [1.29, 1.82) is 0 Å². The molecule has 0 rings (SSSR count). The molecule has 0 saturated carbocycles. The number of carboxylic acids is 1. The highest BCUT2D eigenvalue weighted by Crippen LogP contribution is 1.98. The van der Waals surface area contributed by atoms with E-state index in [1.54, 1.807) is 0 Å². The van der Waals surface area contributed by atoms with Crippen LogP contribution in [0, 0.1) is 0 Å². The third-order valence-electron chi connectivity index (χ3n) is 1.09. The van der Waals surface area contributed by atoms with Gasteiger partial charge in [0.1, 0.15) is 0 Å². The van der Waals surface area contributed by atoms with Gasteiger partial charge < -0.3 is 10.2 Å². The van der Waals surface area contributed by atoms with Gasteiger partial charge in [-0.2, -0.15) is 0 Å². The minimum Gasteiger partial charge on any atom is -0.481 e. The molecule has 0 aliphatic rings. The third kappa shape index (κ3) is 26.5. The normalized spacial score (nSPS) is 11.3. The molecule has 1 atom stereocenters. The van der Waals surface area contributed by atoms with Crippen molar-refractivity contribution in [1.82, 2.24) is 0 Å². The lowest BCUT2D eigenvalue weighted by Crippen LogP contribution is -2.01. The zero-order valence-electron chi connectivity index (χ0n) is 7.50. The van der Waals surface area contributed by atoms with Gasteiger partial charge in [-0.1, -0.05) is 20.3 Å². The number of rotatable bonds is 3. The maximum Gasteiger partial charge on any atom is 0.300 e. The van der Waals surface area contributed by atoms with Crippen molar-refractivity contribution in [2.45, 2.75) is 46.1 Å². The maximum absolute atomic E-state index is 9.00. The highest BCUT2D eigenvalue weighted by Gasteiger charge is 1.94.